The summed E-state index contributed by atoms with van der Waals surface area (Å²) in [7, 11) is -0.607. The maximum Gasteiger partial charge on any atom is 0.0348 e. The molecule has 1 aliphatic carbocycles. The highest BCUT2D eigenvalue weighted by atomic mass is 32.2. The van der Waals surface area contributed by atoms with Gasteiger partial charge in [0.05, 0.1) is 0 Å². The standard InChI is InChI=1S/C10H21NOS/c1-9(11)7-8-13(12)10-5-3-2-4-6-10/h9-10H,2-8,11H2,1H3. The fourth-order valence-corrected chi connectivity index (χ4v) is 3.59. The van der Waals surface area contributed by atoms with Gasteiger partial charge in [0.25, 0.3) is 0 Å². The molecule has 0 aromatic heterocycles. The highest BCUT2D eigenvalue weighted by Gasteiger charge is 2.19. The van der Waals surface area contributed by atoms with Crippen LogP contribution in [0.4, 0.5) is 0 Å². The third-order valence-electron chi connectivity index (χ3n) is 2.70. The van der Waals surface area contributed by atoms with Crippen LogP contribution in [0.15, 0.2) is 0 Å². The second-order valence-corrected chi connectivity index (χ2v) is 5.95. The lowest BCUT2D eigenvalue weighted by atomic mass is 10.0. The molecule has 2 nitrogen and oxygen atoms in total. The maximum absolute atomic E-state index is 11.8. The van der Waals surface area contributed by atoms with Crippen LogP contribution in [0.5, 0.6) is 0 Å². The quantitative estimate of drug-likeness (QED) is 0.757. The van der Waals surface area contributed by atoms with Crippen LogP contribution in [0.1, 0.15) is 45.4 Å². The number of hydrogen-bond acceptors (Lipinski definition) is 2. The van der Waals surface area contributed by atoms with Crippen molar-refractivity contribution in [2.45, 2.75) is 56.7 Å². The smallest absolute Gasteiger partial charge is 0.0348 e. The molecule has 2 N–H and O–H groups in total. The molecule has 1 aliphatic rings. The normalized spacial score (nSPS) is 24.2. The van der Waals surface area contributed by atoms with Crippen molar-refractivity contribution in [3.8, 4) is 0 Å². The minimum absolute atomic E-state index is 0.201. The number of nitrogens with two attached hydrogens (primary N) is 1. The first-order valence-corrected chi connectivity index (χ1v) is 6.71. The zero-order chi connectivity index (χ0) is 9.68. The van der Waals surface area contributed by atoms with Gasteiger partial charge < -0.3 is 5.73 Å². The highest BCUT2D eigenvalue weighted by molar-refractivity contribution is 7.85. The zero-order valence-corrected chi connectivity index (χ0v) is 9.31. The molecular weight excluding hydrogens is 182 g/mol. The molecule has 0 aromatic rings. The molecule has 1 saturated carbocycles. The zero-order valence-electron chi connectivity index (χ0n) is 8.50. The second-order valence-electron chi connectivity index (χ2n) is 4.11. The molecule has 2 unspecified atom stereocenters. The van der Waals surface area contributed by atoms with Gasteiger partial charge in [0.1, 0.15) is 0 Å². The van der Waals surface area contributed by atoms with Crippen LogP contribution in [0.25, 0.3) is 0 Å². The van der Waals surface area contributed by atoms with E-state index in [1.54, 1.807) is 0 Å². The van der Waals surface area contributed by atoms with E-state index in [2.05, 4.69) is 0 Å². The Hall–Kier alpha value is 0.110. The van der Waals surface area contributed by atoms with Crippen molar-refractivity contribution in [3.05, 3.63) is 0 Å². The van der Waals surface area contributed by atoms with Crippen molar-refractivity contribution in [2.24, 2.45) is 5.73 Å². The molecule has 2 atom stereocenters. The Balaban J connectivity index is 2.21. The van der Waals surface area contributed by atoms with Crippen molar-refractivity contribution in [1.29, 1.82) is 0 Å². The molecule has 13 heavy (non-hydrogen) atoms. The lowest BCUT2D eigenvalue weighted by Crippen LogP contribution is -2.24. The maximum atomic E-state index is 11.8. The Morgan fingerprint density at radius 3 is 2.54 bits per heavy atom. The lowest BCUT2D eigenvalue weighted by molar-refractivity contribution is 0.503. The first kappa shape index (κ1) is 11.2. The summed E-state index contributed by atoms with van der Waals surface area (Å²) in [5.74, 6) is 0.808. The van der Waals surface area contributed by atoms with Crippen LogP contribution >= 0.6 is 0 Å². The Bertz CT molecular complexity index is 164. The summed E-state index contributed by atoms with van der Waals surface area (Å²) in [5, 5.41) is 0.479. The van der Waals surface area contributed by atoms with Gasteiger partial charge in [-0.25, -0.2) is 0 Å². The van der Waals surface area contributed by atoms with E-state index in [4.69, 9.17) is 5.73 Å². The Labute approximate surface area is 83.7 Å². The van der Waals surface area contributed by atoms with Crippen LogP contribution in [-0.2, 0) is 10.8 Å². The minimum atomic E-state index is -0.607. The topological polar surface area (TPSA) is 43.1 Å². The predicted molar refractivity (Wildman–Crippen MR) is 58.1 cm³/mol. The second kappa shape index (κ2) is 5.76. The van der Waals surface area contributed by atoms with E-state index >= 15 is 0 Å². The summed E-state index contributed by atoms with van der Waals surface area (Å²) in [6.45, 7) is 1.98. The van der Waals surface area contributed by atoms with Crippen LogP contribution in [0.3, 0.4) is 0 Å². The molecule has 78 valence electrons. The van der Waals surface area contributed by atoms with Gasteiger partial charge in [0.2, 0.25) is 0 Å². The molecule has 1 fully saturated rings. The lowest BCUT2D eigenvalue weighted by Gasteiger charge is -2.21. The van der Waals surface area contributed by atoms with E-state index in [1.807, 2.05) is 6.92 Å². The average molecular weight is 203 g/mol. The first-order chi connectivity index (χ1) is 6.20. The summed E-state index contributed by atoms with van der Waals surface area (Å²) >= 11 is 0. The van der Waals surface area contributed by atoms with E-state index in [9.17, 15) is 4.21 Å². The molecule has 1 rings (SSSR count). The van der Waals surface area contributed by atoms with Gasteiger partial charge in [-0.15, -0.1) is 0 Å². The van der Waals surface area contributed by atoms with Crippen LogP contribution in [-0.4, -0.2) is 21.3 Å². The summed E-state index contributed by atoms with van der Waals surface area (Å²) in [6.07, 6.45) is 7.13. The van der Waals surface area contributed by atoms with Crippen LogP contribution in [0, 0.1) is 0 Å². The molecule has 0 aromatic carbocycles. The van der Waals surface area contributed by atoms with E-state index in [0.717, 1.165) is 12.2 Å². The summed E-state index contributed by atoms with van der Waals surface area (Å²) in [4.78, 5) is 0. The third kappa shape index (κ3) is 4.23. The van der Waals surface area contributed by atoms with E-state index < -0.39 is 10.8 Å². The van der Waals surface area contributed by atoms with Crippen molar-refractivity contribution in [1.82, 2.24) is 0 Å². The number of hydrogen-bond donors (Lipinski definition) is 1. The molecule has 3 heteroatoms. The highest BCUT2D eigenvalue weighted by Crippen LogP contribution is 2.22. The van der Waals surface area contributed by atoms with Gasteiger partial charge in [-0.05, 0) is 26.2 Å². The van der Waals surface area contributed by atoms with Crippen molar-refractivity contribution < 1.29 is 4.21 Å². The molecule has 0 amide bonds. The monoisotopic (exact) mass is 203 g/mol. The molecule has 0 radical (unpaired) electrons. The molecular formula is C10H21NOS. The Morgan fingerprint density at radius 1 is 1.38 bits per heavy atom. The summed E-state index contributed by atoms with van der Waals surface area (Å²) in [6, 6.07) is 0.201. The van der Waals surface area contributed by atoms with Gasteiger partial charge in [0.15, 0.2) is 0 Å². The fraction of sp³-hybridized carbons (Fsp3) is 1.00. The Kier molecular flexibility index (Phi) is 4.96. The van der Waals surface area contributed by atoms with Gasteiger partial charge >= 0.3 is 0 Å². The summed E-state index contributed by atoms with van der Waals surface area (Å²) in [5.41, 5.74) is 5.64. The van der Waals surface area contributed by atoms with E-state index in [0.29, 0.717) is 5.25 Å². The Morgan fingerprint density at radius 2 is 2.00 bits per heavy atom. The van der Waals surface area contributed by atoms with E-state index in [1.165, 1.54) is 32.1 Å². The summed E-state index contributed by atoms with van der Waals surface area (Å²) < 4.78 is 11.8. The third-order valence-corrected chi connectivity index (χ3v) is 4.55. The van der Waals surface area contributed by atoms with Crippen molar-refractivity contribution in [3.63, 3.8) is 0 Å². The molecule has 0 heterocycles. The molecule has 0 spiro atoms. The van der Waals surface area contributed by atoms with E-state index in [-0.39, 0.29) is 6.04 Å². The van der Waals surface area contributed by atoms with Crippen molar-refractivity contribution in [2.75, 3.05) is 5.75 Å². The minimum Gasteiger partial charge on any atom is -0.328 e. The van der Waals surface area contributed by atoms with Gasteiger partial charge in [-0.2, -0.15) is 0 Å². The number of rotatable bonds is 4. The first-order valence-electron chi connectivity index (χ1n) is 5.33. The van der Waals surface area contributed by atoms with Gasteiger partial charge in [-0.3, -0.25) is 4.21 Å². The van der Waals surface area contributed by atoms with Gasteiger partial charge in [-0.1, -0.05) is 19.3 Å². The van der Waals surface area contributed by atoms with Crippen molar-refractivity contribution >= 4 is 10.8 Å². The molecule has 0 bridgehead atoms. The molecule has 0 saturated heterocycles. The largest absolute Gasteiger partial charge is 0.328 e. The SMILES string of the molecule is CC(N)CCS(=O)C1CCCCC1. The fourth-order valence-electron chi connectivity index (χ4n) is 1.80. The van der Waals surface area contributed by atoms with Crippen LogP contribution < -0.4 is 5.73 Å². The van der Waals surface area contributed by atoms with Crippen LogP contribution in [0.2, 0.25) is 0 Å². The van der Waals surface area contributed by atoms with Gasteiger partial charge in [0, 0.05) is 27.8 Å². The molecule has 0 aliphatic heterocycles. The average Bonchev–Trinajstić information content (AvgIpc) is 2.15. The predicted octanol–water partition coefficient (Wildman–Crippen LogP) is 1.81.